The number of aliphatic hydroxyl groups is 1. The zero-order chi connectivity index (χ0) is 15.2. The van der Waals surface area contributed by atoms with Crippen molar-refractivity contribution in [3.8, 4) is 0 Å². The maximum atomic E-state index is 12.0. The Balaban J connectivity index is 1.84. The molecule has 1 fully saturated rings. The van der Waals surface area contributed by atoms with Crippen LogP contribution < -0.4 is 5.32 Å². The summed E-state index contributed by atoms with van der Waals surface area (Å²) in [6.07, 6.45) is 4.11. The Hall–Kier alpha value is -1.39. The summed E-state index contributed by atoms with van der Waals surface area (Å²) in [6.45, 7) is 3.99. The SMILES string of the molecule is C[C@@H]1CCC[C@H](OCC(=O)Nc2ccccc2[C@@H](C)O)C1. The molecule has 0 bridgehead atoms. The van der Waals surface area contributed by atoms with E-state index in [1.807, 2.05) is 18.2 Å². The summed E-state index contributed by atoms with van der Waals surface area (Å²) in [6, 6.07) is 7.29. The topological polar surface area (TPSA) is 58.6 Å². The fourth-order valence-electron chi connectivity index (χ4n) is 2.88. The van der Waals surface area contributed by atoms with Crippen LogP contribution in [-0.4, -0.2) is 23.7 Å². The predicted octanol–water partition coefficient (Wildman–Crippen LogP) is 3.27. The van der Waals surface area contributed by atoms with Gasteiger partial charge in [-0.1, -0.05) is 38.0 Å². The van der Waals surface area contributed by atoms with E-state index in [4.69, 9.17) is 4.74 Å². The Kier molecular flexibility index (Phi) is 5.76. The Morgan fingerprint density at radius 3 is 2.90 bits per heavy atom. The third-order valence-corrected chi connectivity index (χ3v) is 4.02. The lowest BCUT2D eigenvalue weighted by Crippen LogP contribution is -2.27. The minimum atomic E-state index is -0.610. The molecular weight excluding hydrogens is 266 g/mol. The molecule has 0 aromatic heterocycles. The highest BCUT2D eigenvalue weighted by molar-refractivity contribution is 5.92. The lowest BCUT2D eigenvalue weighted by molar-refractivity contribution is -0.123. The Bertz CT molecular complexity index is 473. The molecule has 0 unspecified atom stereocenters. The van der Waals surface area contributed by atoms with Crippen molar-refractivity contribution in [2.75, 3.05) is 11.9 Å². The number of hydrogen-bond acceptors (Lipinski definition) is 3. The van der Waals surface area contributed by atoms with Gasteiger partial charge in [-0.05, 0) is 31.7 Å². The minimum Gasteiger partial charge on any atom is -0.389 e. The average Bonchev–Trinajstić information content (AvgIpc) is 2.45. The lowest BCUT2D eigenvalue weighted by Gasteiger charge is -2.26. The Morgan fingerprint density at radius 1 is 1.43 bits per heavy atom. The van der Waals surface area contributed by atoms with Crippen LogP contribution in [-0.2, 0) is 9.53 Å². The van der Waals surface area contributed by atoms with Gasteiger partial charge in [-0.25, -0.2) is 0 Å². The molecule has 21 heavy (non-hydrogen) atoms. The van der Waals surface area contributed by atoms with Crippen molar-refractivity contribution in [1.82, 2.24) is 0 Å². The van der Waals surface area contributed by atoms with E-state index in [-0.39, 0.29) is 18.6 Å². The number of para-hydroxylation sites is 1. The molecule has 4 heteroatoms. The molecule has 1 aliphatic rings. The van der Waals surface area contributed by atoms with Gasteiger partial charge in [-0.3, -0.25) is 4.79 Å². The lowest BCUT2D eigenvalue weighted by atomic mass is 9.89. The van der Waals surface area contributed by atoms with Crippen molar-refractivity contribution in [2.45, 2.75) is 51.7 Å². The van der Waals surface area contributed by atoms with E-state index in [2.05, 4.69) is 12.2 Å². The normalized spacial score (nSPS) is 23.6. The minimum absolute atomic E-state index is 0.0749. The van der Waals surface area contributed by atoms with Gasteiger partial charge in [0.15, 0.2) is 0 Å². The molecule has 2 N–H and O–H groups in total. The third kappa shape index (κ3) is 4.83. The molecule has 1 amide bonds. The maximum absolute atomic E-state index is 12.0. The summed E-state index contributed by atoms with van der Waals surface area (Å²) in [4.78, 5) is 12.0. The molecule has 3 atom stereocenters. The number of anilines is 1. The second-order valence-corrected chi connectivity index (χ2v) is 6.02. The average molecular weight is 291 g/mol. The molecule has 0 spiro atoms. The molecule has 0 aliphatic heterocycles. The van der Waals surface area contributed by atoms with E-state index in [1.54, 1.807) is 13.0 Å². The number of aliphatic hydroxyl groups excluding tert-OH is 1. The quantitative estimate of drug-likeness (QED) is 0.875. The highest BCUT2D eigenvalue weighted by Crippen LogP contribution is 2.26. The van der Waals surface area contributed by atoms with Crippen LogP contribution in [0.2, 0.25) is 0 Å². The number of hydrogen-bond donors (Lipinski definition) is 2. The zero-order valence-electron chi connectivity index (χ0n) is 12.8. The number of rotatable bonds is 5. The number of carbonyl (C=O) groups excluding carboxylic acids is 1. The van der Waals surface area contributed by atoms with E-state index in [9.17, 15) is 9.90 Å². The molecule has 0 saturated heterocycles. The first-order valence-electron chi connectivity index (χ1n) is 7.74. The largest absolute Gasteiger partial charge is 0.389 e. The number of amides is 1. The molecule has 4 nitrogen and oxygen atoms in total. The van der Waals surface area contributed by atoms with Gasteiger partial charge in [0.25, 0.3) is 0 Å². The summed E-state index contributed by atoms with van der Waals surface area (Å²) >= 11 is 0. The van der Waals surface area contributed by atoms with E-state index >= 15 is 0 Å². The molecule has 2 rings (SSSR count). The first-order valence-corrected chi connectivity index (χ1v) is 7.74. The van der Waals surface area contributed by atoms with Crippen LogP contribution in [0.3, 0.4) is 0 Å². The number of carbonyl (C=O) groups is 1. The van der Waals surface area contributed by atoms with Crippen molar-refractivity contribution < 1.29 is 14.6 Å². The van der Waals surface area contributed by atoms with E-state index < -0.39 is 6.10 Å². The van der Waals surface area contributed by atoms with Crippen LogP contribution in [0.5, 0.6) is 0 Å². The molecular formula is C17H25NO3. The molecule has 0 radical (unpaired) electrons. The van der Waals surface area contributed by atoms with Crippen molar-refractivity contribution >= 4 is 11.6 Å². The van der Waals surface area contributed by atoms with Crippen LogP contribution in [0, 0.1) is 5.92 Å². The maximum Gasteiger partial charge on any atom is 0.250 e. The van der Waals surface area contributed by atoms with Gasteiger partial charge in [0.2, 0.25) is 5.91 Å². The molecule has 1 aromatic carbocycles. The second-order valence-electron chi connectivity index (χ2n) is 6.02. The molecule has 116 valence electrons. The van der Waals surface area contributed by atoms with Crippen molar-refractivity contribution in [3.63, 3.8) is 0 Å². The highest BCUT2D eigenvalue weighted by atomic mass is 16.5. The smallest absolute Gasteiger partial charge is 0.250 e. The van der Waals surface area contributed by atoms with Gasteiger partial charge in [-0.15, -0.1) is 0 Å². The fraction of sp³-hybridized carbons (Fsp3) is 0.588. The number of benzene rings is 1. The fourth-order valence-corrected chi connectivity index (χ4v) is 2.88. The number of nitrogens with one attached hydrogen (secondary N) is 1. The number of ether oxygens (including phenoxy) is 1. The summed E-state index contributed by atoms with van der Waals surface area (Å²) in [7, 11) is 0. The van der Waals surface area contributed by atoms with Crippen molar-refractivity contribution in [3.05, 3.63) is 29.8 Å². The molecule has 1 saturated carbocycles. The third-order valence-electron chi connectivity index (χ3n) is 4.02. The van der Waals surface area contributed by atoms with E-state index in [1.165, 1.54) is 12.8 Å². The monoisotopic (exact) mass is 291 g/mol. The first kappa shape index (κ1) is 16.0. The van der Waals surface area contributed by atoms with Crippen molar-refractivity contribution in [1.29, 1.82) is 0 Å². The summed E-state index contributed by atoms with van der Waals surface area (Å²) in [5, 5.41) is 12.5. The van der Waals surface area contributed by atoms with Crippen LogP contribution in [0.25, 0.3) is 0 Å². The molecule has 1 aliphatic carbocycles. The van der Waals surface area contributed by atoms with Crippen molar-refractivity contribution in [2.24, 2.45) is 5.92 Å². The van der Waals surface area contributed by atoms with Crippen LogP contribution >= 0.6 is 0 Å². The highest BCUT2D eigenvalue weighted by Gasteiger charge is 2.20. The van der Waals surface area contributed by atoms with E-state index in [0.29, 0.717) is 11.6 Å². The predicted molar refractivity (Wildman–Crippen MR) is 83.1 cm³/mol. The summed E-state index contributed by atoms with van der Waals surface area (Å²) in [5.74, 6) is 0.518. The molecule has 0 heterocycles. The Morgan fingerprint density at radius 2 is 2.19 bits per heavy atom. The summed E-state index contributed by atoms with van der Waals surface area (Å²) < 4.78 is 5.71. The van der Waals surface area contributed by atoms with Crippen LogP contribution in [0.1, 0.15) is 51.2 Å². The first-order chi connectivity index (χ1) is 10.1. The van der Waals surface area contributed by atoms with E-state index in [0.717, 1.165) is 18.4 Å². The second kappa shape index (κ2) is 7.57. The van der Waals surface area contributed by atoms with Gasteiger partial charge in [0, 0.05) is 11.3 Å². The standard InChI is InChI=1S/C17H25NO3/c1-12-6-5-7-14(10-12)21-11-17(20)18-16-9-4-3-8-15(16)13(2)19/h3-4,8-9,12-14,19H,5-7,10-11H2,1-2H3,(H,18,20)/t12-,13-,14+/m1/s1. The van der Waals surface area contributed by atoms with Gasteiger partial charge < -0.3 is 15.2 Å². The van der Waals surface area contributed by atoms with Gasteiger partial charge in [-0.2, -0.15) is 0 Å². The van der Waals surface area contributed by atoms with Gasteiger partial charge in [0.1, 0.15) is 6.61 Å². The Labute approximate surface area is 126 Å². The van der Waals surface area contributed by atoms with Gasteiger partial charge in [0.05, 0.1) is 12.2 Å². The van der Waals surface area contributed by atoms with Crippen LogP contribution in [0.15, 0.2) is 24.3 Å². The zero-order valence-corrected chi connectivity index (χ0v) is 12.8. The summed E-state index contributed by atoms with van der Waals surface area (Å²) in [5.41, 5.74) is 1.37. The molecule has 1 aromatic rings. The van der Waals surface area contributed by atoms with Crippen LogP contribution in [0.4, 0.5) is 5.69 Å². The van der Waals surface area contributed by atoms with Gasteiger partial charge >= 0.3 is 0 Å².